The summed E-state index contributed by atoms with van der Waals surface area (Å²) in [7, 11) is 0. The lowest BCUT2D eigenvalue weighted by atomic mass is 9.98. The first-order valence-corrected chi connectivity index (χ1v) is 7.82. The lowest BCUT2D eigenvalue weighted by Crippen LogP contribution is -2.44. The molecular weight excluding hydrogens is 267 g/mol. The van der Waals surface area contributed by atoms with Crippen molar-refractivity contribution in [2.24, 2.45) is 0 Å². The molecule has 1 aliphatic rings. The number of halogens is 1. The van der Waals surface area contributed by atoms with Crippen molar-refractivity contribution in [3.05, 3.63) is 35.6 Å². The maximum Gasteiger partial charge on any atom is 0.244 e. The van der Waals surface area contributed by atoms with E-state index in [0.29, 0.717) is 0 Å². The van der Waals surface area contributed by atoms with E-state index in [0.717, 1.165) is 24.8 Å². The van der Waals surface area contributed by atoms with Crippen LogP contribution < -0.4 is 5.32 Å². The van der Waals surface area contributed by atoms with Gasteiger partial charge in [0.2, 0.25) is 5.91 Å². The van der Waals surface area contributed by atoms with Gasteiger partial charge in [-0.15, -0.1) is 0 Å². The molecule has 1 aliphatic heterocycles. The maximum absolute atomic E-state index is 13.2. The number of carbonyl (C=O) groups excluding carboxylic acids is 1. The quantitative estimate of drug-likeness (QED) is 0.899. The average Bonchev–Trinajstić information content (AvgIpc) is 2.75. The number of carbonyl (C=O) groups is 1. The lowest BCUT2D eigenvalue weighted by Gasteiger charge is -2.32. The Morgan fingerprint density at radius 3 is 2.29 bits per heavy atom. The molecule has 0 radical (unpaired) electrons. The highest BCUT2D eigenvalue weighted by atomic mass is 19.1. The standard InChI is InChI=1S/C17H25FN2O/c1-5-14(6-2)20-15(12-8-10-13(18)11-9-12)19-17(4,7-3)16(20)21/h8-11,14-15,19H,5-7H2,1-4H3. The molecule has 1 aromatic rings. The Balaban J connectivity index is 2.40. The topological polar surface area (TPSA) is 32.3 Å². The van der Waals surface area contributed by atoms with Crippen molar-refractivity contribution in [2.75, 3.05) is 0 Å². The molecule has 4 heteroatoms. The van der Waals surface area contributed by atoms with Crippen LogP contribution in [-0.2, 0) is 4.79 Å². The van der Waals surface area contributed by atoms with Crippen LogP contribution in [0, 0.1) is 5.82 Å². The molecule has 0 aliphatic carbocycles. The van der Waals surface area contributed by atoms with Gasteiger partial charge < -0.3 is 4.90 Å². The van der Waals surface area contributed by atoms with E-state index in [1.165, 1.54) is 12.1 Å². The molecule has 3 nitrogen and oxygen atoms in total. The van der Waals surface area contributed by atoms with E-state index in [2.05, 4.69) is 19.2 Å². The second-order valence-corrected chi connectivity index (χ2v) is 5.97. The largest absolute Gasteiger partial charge is 0.318 e. The van der Waals surface area contributed by atoms with Crippen molar-refractivity contribution in [3.8, 4) is 0 Å². The van der Waals surface area contributed by atoms with E-state index >= 15 is 0 Å². The van der Waals surface area contributed by atoms with Crippen molar-refractivity contribution in [1.29, 1.82) is 0 Å². The maximum atomic E-state index is 13.2. The summed E-state index contributed by atoms with van der Waals surface area (Å²) in [4.78, 5) is 14.8. The third-order valence-corrected chi connectivity index (χ3v) is 4.67. The third kappa shape index (κ3) is 2.82. The highest BCUT2D eigenvalue weighted by molar-refractivity contribution is 5.88. The molecule has 0 bridgehead atoms. The molecule has 21 heavy (non-hydrogen) atoms. The third-order valence-electron chi connectivity index (χ3n) is 4.67. The summed E-state index contributed by atoms with van der Waals surface area (Å²) >= 11 is 0. The van der Waals surface area contributed by atoms with Gasteiger partial charge in [0.15, 0.2) is 0 Å². The molecule has 2 unspecified atom stereocenters. The number of rotatable bonds is 5. The summed E-state index contributed by atoms with van der Waals surface area (Å²) in [6.45, 7) is 8.17. The van der Waals surface area contributed by atoms with Crippen molar-refractivity contribution < 1.29 is 9.18 Å². The summed E-state index contributed by atoms with van der Waals surface area (Å²) in [5.74, 6) is -0.108. The lowest BCUT2D eigenvalue weighted by molar-refractivity contribution is -0.135. The number of amides is 1. The van der Waals surface area contributed by atoms with E-state index in [1.54, 1.807) is 12.1 Å². The molecule has 0 aromatic heterocycles. The van der Waals surface area contributed by atoms with Gasteiger partial charge in [-0.3, -0.25) is 10.1 Å². The Hall–Kier alpha value is -1.42. The summed E-state index contributed by atoms with van der Waals surface area (Å²) in [5.41, 5.74) is 0.399. The fourth-order valence-corrected chi connectivity index (χ4v) is 3.04. The molecule has 1 heterocycles. The number of nitrogens with zero attached hydrogens (tertiary/aromatic N) is 1. The molecule has 0 saturated carbocycles. The molecule has 1 amide bonds. The molecule has 1 aromatic carbocycles. The van der Waals surface area contributed by atoms with Crippen LogP contribution >= 0.6 is 0 Å². The summed E-state index contributed by atoms with van der Waals surface area (Å²) < 4.78 is 13.2. The smallest absolute Gasteiger partial charge is 0.244 e. The van der Waals surface area contributed by atoms with Crippen molar-refractivity contribution in [3.63, 3.8) is 0 Å². The fourth-order valence-electron chi connectivity index (χ4n) is 3.04. The molecular formula is C17H25FN2O. The van der Waals surface area contributed by atoms with Gasteiger partial charge in [-0.25, -0.2) is 4.39 Å². The molecule has 116 valence electrons. The molecule has 2 rings (SSSR count). The van der Waals surface area contributed by atoms with E-state index in [4.69, 9.17) is 0 Å². The van der Waals surface area contributed by atoms with Gasteiger partial charge >= 0.3 is 0 Å². The van der Waals surface area contributed by atoms with Gasteiger partial charge in [-0.05, 0) is 43.9 Å². The van der Waals surface area contributed by atoms with Crippen LogP contribution in [0.2, 0.25) is 0 Å². The molecule has 0 spiro atoms. The zero-order valence-corrected chi connectivity index (χ0v) is 13.3. The first-order chi connectivity index (χ1) is 9.96. The van der Waals surface area contributed by atoms with Crippen LogP contribution in [0.3, 0.4) is 0 Å². The van der Waals surface area contributed by atoms with Crippen LogP contribution in [0.5, 0.6) is 0 Å². The Labute approximate surface area is 126 Å². The second-order valence-electron chi connectivity index (χ2n) is 5.97. The number of hydrogen-bond acceptors (Lipinski definition) is 2. The van der Waals surface area contributed by atoms with E-state index < -0.39 is 5.54 Å². The minimum Gasteiger partial charge on any atom is -0.318 e. The average molecular weight is 292 g/mol. The summed E-state index contributed by atoms with van der Waals surface area (Å²) in [6.07, 6.45) is 2.40. The summed E-state index contributed by atoms with van der Waals surface area (Å²) in [6, 6.07) is 6.63. The van der Waals surface area contributed by atoms with Crippen molar-refractivity contribution in [1.82, 2.24) is 10.2 Å². The number of benzene rings is 1. The Morgan fingerprint density at radius 1 is 1.24 bits per heavy atom. The summed E-state index contributed by atoms with van der Waals surface area (Å²) in [5, 5.41) is 3.46. The molecule has 2 atom stereocenters. The van der Waals surface area contributed by atoms with Gasteiger partial charge in [-0.2, -0.15) is 0 Å². The normalized spacial score (nSPS) is 25.9. The van der Waals surface area contributed by atoms with Crippen LogP contribution in [0.25, 0.3) is 0 Å². The highest BCUT2D eigenvalue weighted by Crippen LogP contribution is 2.35. The SMILES string of the molecule is CCC(CC)N1C(=O)C(C)(CC)NC1c1ccc(F)cc1. The Morgan fingerprint density at radius 2 is 1.81 bits per heavy atom. The highest BCUT2D eigenvalue weighted by Gasteiger charge is 2.48. The minimum absolute atomic E-state index is 0.146. The Bertz CT molecular complexity index is 498. The van der Waals surface area contributed by atoms with Gasteiger partial charge in [-0.1, -0.05) is 32.9 Å². The predicted molar refractivity (Wildman–Crippen MR) is 82.2 cm³/mol. The van der Waals surface area contributed by atoms with Gasteiger partial charge in [0.25, 0.3) is 0 Å². The van der Waals surface area contributed by atoms with Gasteiger partial charge in [0.05, 0.1) is 5.54 Å². The van der Waals surface area contributed by atoms with Crippen LogP contribution in [0.15, 0.2) is 24.3 Å². The Kier molecular flexibility index (Phi) is 4.67. The monoisotopic (exact) mass is 292 g/mol. The molecule has 1 fully saturated rings. The number of hydrogen-bond donors (Lipinski definition) is 1. The minimum atomic E-state index is -0.540. The number of nitrogens with one attached hydrogen (secondary N) is 1. The van der Waals surface area contributed by atoms with Crippen molar-refractivity contribution >= 4 is 5.91 Å². The zero-order chi connectivity index (χ0) is 15.6. The predicted octanol–water partition coefficient (Wildman–Crippen LogP) is 3.61. The van der Waals surface area contributed by atoms with Crippen LogP contribution in [-0.4, -0.2) is 22.4 Å². The van der Waals surface area contributed by atoms with Crippen molar-refractivity contribution in [2.45, 2.75) is 64.7 Å². The first kappa shape index (κ1) is 16.0. The first-order valence-electron chi connectivity index (χ1n) is 7.82. The molecule has 1 saturated heterocycles. The van der Waals surface area contributed by atoms with E-state index in [-0.39, 0.29) is 23.9 Å². The van der Waals surface area contributed by atoms with Crippen LogP contribution in [0.4, 0.5) is 4.39 Å². The van der Waals surface area contributed by atoms with Gasteiger partial charge in [0, 0.05) is 6.04 Å². The zero-order valence-electron chi connectivity index (χ0n) is 13.3. The molecule has 1 N–H and O–H groups in total. The second kappa shape index (κ2) is 6.14. The van der Waals surface area contributed by atoms with Crippen LogP contribution in [0.1, 0.15) is 58.7 Å². The van der Waals surface area contributed by atoms with E-state index in [1.807, 2.05) is 18.7 Å². The van der Waals surface area contributed by atoms with E-state index in [9.17, 15) is 9.18 Å². The fraction of sp³-hybridized carbons (Fsp3) is 0.588. The van der Waals surface area contributed by atoms with Gasteiger partial charge in [0.1, 0.15) is 12.0 Å².